The van der Waals surface area contributed by atoms with Gasteiger partial charge in [-0.05, 0) is 31.4 Å². The number of benzene rings is 1. The number of likely N-dealkylation sites (tertiary alicyclic amines) is 1. The second-order valence-electron chi connectivity index (χ2n) is 4.20. The zero-order chi connectivity index (χ0) is 12.3. The third-order valence-corrected chi connectivity index (χ3v) is 3.02. The molecule has 1 aliphatic heterocycles. The van der Waals surface area contributed by atoms with Gasteiger partial charge in [0.25, 0.3) is 5.69 Å². The fraction of sp³-hybridized carbons (Fsp3) is 0.417. The van der Waals surface area contributed by atoms with Crippen LogP contribution in [0.4, 0.5) is 5.69 Å². The van der Waals surface area contributed by atoms with Crippen molar-refractivity contribution in [3.63, 3.8) is 0 Å². The summed E-state index contributed by atoms with van der Waals surface area (Å²) in [6.07, 6.45) is 3.47. The highest BCUT2D eigenvalue weighted by Gasteiger charge is 2.15. The van der Waals surface area contributed by atoms with E-state index in [0.717, 1.165) is 31.5 Å². The number of nitrogens with zero attached hydrogens (tertiary/aromatic N) is 2. The van der Waals surface area contributed by atoms with E-state index in [-0.39, 0.29) is 18.1 Å². The summed E-state index contributed by atoms with van der Waals surface area (Å²) in [6.45, 7) is 1.83. The zero-order valence-electron chi connectivity index (χ0n) is 9.93. The van der Waals surface area contributed by atoms with Crippen LogP contribution in [0.15, 0.2) is 24.3 Å². The van der Waals surface area contributed by atoms with Gasteiger partial charge in [-0.25, -0.2) is 0 Å². The normalized spacial score (nSPS) is 14.8. The molecule has 5 nitrogen and oxygen atoms in total. The van der Waals surface area contributed by atoms with Gasteiger partial charge >= 0.3 is 0 Å². The maximum absolute atomic E-state index is 10.5. The molecule has 1 aromatic carbocycles. The summed E-state index contributed by atoms with van der Waals surface area (Å²) >= 11 is 0. The van der Waals surface area contributed by atoms with Gasteiger partial charge in [-0.3, -0.25) is 15.5 Å². The lowest BCUT2D eigenvalue weighted by atomic mass is 10.1. The number of hydrogen-bond acceptors (Lipinski definition) is 3. The van der Waals surface area contributed by atoms with Gasteiger partial charge in [-0.2, -0.15) is 0 Å². The van der Waals surface area contributed by atoms with E-state index < -0.39 is 4.92 Å². The van der Waals surface area contributed by atoms with Crippen LogP contribution in [0.2, 0.25) is 0 Å². The molecule has 2 rings (SSSR count). The van der Waals surface area contributed by atoms with Crippen LogP contribution in [0.25, 0.3) is 0 Å². The first-order valence-electron chi connectivity index (χ1n) is 5.77. The van der Waals surface area contributed by atoms with Crippen molar-refractivity contribution >= 4 is 11.5 Å². The zero-order valence-corrected chi connectivity index (χ0v) is 10.7. The van der Waals surface area contributed by atoms with Crippen LogP contribution in [0.1, 0.15) is 24.8 Å². The average Bonchev–Trinajstić information content (AvgIpc) is 2.39. The van der Waals surface area contributed by atoms with E-state index in [1.165, 1.54) is 18.6 Å². The molecule has 0 aromatic heterocycles. The number of hydrogen-bond donors (Lipinski definition) is 1. The van der Waals surface area contributed by atoms with Crippen LogP contribution in [0.5, 0.6) is 0 Å². The summed E-state index contributed by atoms with van der Waals surface area (Å²) in [5.74, 6) is 0.472. The summed E-state index contributed by atoms with van der Waals surface area (Å²) in [4.78, 5) is 12.1. The minimum Gasteiger partial charge on any atom is -1.00 e. The topological polar surface area (TPSA) is 70.2 Å². The molecule has 1 saturated heterocycles. The van der Waals surface area contributed by atoms with Crippen molar-refractivity contribution in [2.24, 2.45) is 0 Å². The lowest BCUT2D eigenvalue weighted by molar-refractivity contribution is -0.384. The molecule has 1 N–H and O–H groups in total. The molecule has 0 unspecified atom stereocenters. The van der Waals surface area contributed by atoms with E-state index in [1.807, 2.05) is 4.90 Å². The molecule has 0 aliphatic carbocycles. The second-order valence-corrected chi connectivity index (χ2v) is 4.20. The molecule has 6 heteroatoms. The van der Waals surface area contributed by atoms with E-state index in [2.05, 4.69) is 0 Å². The second kappa shape index (κ2) is 6.35. The van der Waals surface area contributed by atoms with Gasteiger partial charge in [0.05, 0.1) is 4.92 Å². The van der Waals surface area contributed by atoms with E-state index in [1.54, 1.807) is 12.1 Å². The van der Waals surface area contributed by atoms with Crippen molar-refractivity contribution < 1.29 is 17.3 Å². The maximum atomic E-state index is 10.5. The van der Waals surface area contributed by atoms with Crippen molar-refractivity contribution in [2.45, 2.75) is 19.3 Å². The predicted molar refractivity (Wildman–Crippen MR) is 65.3 cm³/mol. The van der Waals surface area contributed by atoms with Gasteiger partial charge in [0, 0.05) is 30.8 Å². The Labute approximate surface area is 112 Å². The highest BCUT2D eigenvalue weighted by Crippen LogP contribution is 2.16. The third-order valence-electron chi connectivity index (χ3n) is 3.02. The molecular weight excluding hydrogens is 254 g/mol. The van der Waals surface area contributed by atoms with Gasteiger partial charge in [0.2, 0.25) is 0 Å². The molecule has 98 valence electrons. The maximum Gasteiger partial charge on any atom is 0.269 e. The Bertz CT molecular complexity index is 427. The molecule has 1 fully saturated rings. The molecular formula is C12H15ClN3O2-. The van der Waals surface area contributed by atoms with Gasteiger partial charge in [-0.1, -0.05) is 0 Å². The number of piperidine rings is 1. The van der Waals surface area contributed by atoms with E-state index >= 15 is 0 Å². The van der Waals surface area contributed by atoms with Crippen molar-refractivity contribution in [3.05, 3.63) is 39.9 Å². The predicted octanol–water partition coefficient (Wildman–Crippen LogP) is -0.590. The fourth-order valence-corrected chi connectivity index (χ4v) is 2.04. The first-order chi connectivity index (χ1) is 8.18. The Morgan fingerprint density at radius 1 is 1.17 bits per heavy atom. The van der Waals surface area contributed by atoms with Crippen molar-refractivity contribution in [1.29, 1.82) is 5.41 Å². The molecule has 1 heterocycles. The number of rotatable bonds is 2. The number of nitro benzene ring substituents is 1. The monoisotopic (exact) mass is 268 g/mol. The Morgan fingerprint density at radius 2 is 1.72 bits per heavy atom. The molecule has 1 aliphatic rings. The van der Waals surface area contributed by atoms with E-state index in [9.17, 15) is 10.1 Å². The van der Waals surface area contributed by atoms with Crippen molar-refractivity contribution in [1.82, 2.24) is 4.90 Å². The first-order valence-corrected chi connectivity index (χ1v) is 5.77. The van der Waals surface area contributed by atoms with E-state index in [0.29, 0.717) is 5.84 Å². The number of amidine groups is 1. The molecule has 0 atom stereocenters. The third kappa shape index (κ3) is 3.20. The van der Waals surface area contributed by atoms with Crippen molar-refractivity contribution in [2.75, 3.05) is 13.1 Å². The molecule has 0 saturated carbocycles. The molecule has 18 heavy (non-hydrogen) atoms. The number of halogens is 1. The average molecular weight is 269 g/mol. The molecule has 0 bridgehead atoms. The molecule has 0 spiro atoms. The minimum atomic E-state index is -0.422. The summed E-state index contributed by atoms with van der Waals surface area (Å²) in [5.41, 5.74) is 0.817. The lowest BCUT2D eigenvalue weighted by Crippen LogP contribution is -3.00. The lowest BCUT2D eigenvalue weighted by Gasteiger charge is -2.28. The SMILES string of the molecule is N=C(c1ccc([N+](=O)[O-])cc1)N1CCCCC1.[Cl-]. The summed E-state index contributed by atoms with van der Waals surface area (Å²) in [5, 5.41) is 18.6. The van der Waals surface area contributed by atoms with Crippen LogP contribution in [0.3, 0.4) is 0 Å². The Hall–Kier alpha value is -1.62. The number of nitrogens with one attached hydrogen (secondary N) is 1. The Balaban J connectivity index is 0.00000162. The van der Waals surface area contributed by atoms with E-state index in [4.69, 9.17) is 5.41 Å². The van der Waals surface area contributed by atoms with Crippen LogP contribution in [-0.2, 0) is 0 Å². The Morgan fingerprint density at radius 3 is 2.22 bits per heavy atom. The van der Waals surface area contributed by atoms with Gasteiger partial charge in [-0.15, -0.1) is 0 Å². The summed E-state index contributed by atoms with van der Waals surface area (Å²) in [7, 11) is 0. The smallest absolute Gasteiger partial charge is 0.269 e. The highest BCUT2D eigenvalue weighted by molar-refractivity contribution is 5.96. The number of nitro groups is 1. The largest absolute Gasteiger partial charge is 1.00 e. The van der Waals surface area contributed by atoms with Crippen LogP contribution < -0.4 is 12.4 Å². The van der Waals surface area contributed by atoms with Gasteiger partial charge in [0.1, 0.15) is 5.84 Å². The summed E-state index contributed by atoms with van der Waals surface area (Å²) in [6, 6.07) is 6.20. The standard InChI is InChI=1S/C12H15N3O2.ClH/c13-12(14-8-2-1-3-9-14)10-4-6-11(7-5-10)15(16)17;/h4-7,13H,1-3,8-9H2;1H/p-1. The fourth-order valence-electron chi connectivity index (χ4n) is 2.04. The molecule has 0 amide bonds. The van der Waals surface area contributed by atoms with Crippen LogP contribution in [0, 0.1) is 15.5 Å². The summed E-state index contributed by atoms with van der Waals surface area (Å²) < 4.78 is 0. The quantitative estimate of drug-likeness (QED) is 0.337. The highest BCUT2D eigenvalue weighted by atomic mass is 35.5. The Kier molecular flexibility index (Phi) is 5.09. The molecule has 0 radical (unpaired) electrons. The minimum absolute atomic E-state index is 0. The van der Waals surface area contributed by atoms with Crippen molar-refractivity contribution in [3.8, 4) is 0 Å². The van der Waals surface area contributed by atoms with Crippen LogP contribution >= 0.6 is 0 Å². The first kappa shape index (κ1) is 14.4. The van der Waals surface area contributed by atoms with Gasteiger partial charge < -0.3 is 17.3 Å². The number of non-ortho nitro benzene ring substituents is 1. The van der Waals surface area contributed by atoms with Crippen LogP contribution in [-0.4, -0.2) is 28.7 Å². The van der Waals surface area contributed by atoms with Gasteiger partial charge in [0.15, 0.2) is 0 Å². The molecule has 1 aromatic rings.